The summed E-state index contributed by atoms with van der Waals surface area (Å²) < 4.78 is 4.58. The molecule has 11 rings (SSSR count). The molecular formula is C51H41N7. The summed E-state index contributed by atoms with van der Waals surface area (Å²) in [6.07, 6.45) is 0.901. The number of rotatable bonds is 7. The van der Waals surface area contributed by atoms with Crippen LogP contribution in [0.1, 0.15) is 36.7 Å². The zero-order valence-corrected chi connectivity index (χ0v) is 32.0. The molecule has 0 radical (unpaired) electrons. The number of para-hydroxylation sites is 3. The van der Waals surface area contributed by atoms with Crippen LogP contribution in [0.5, 0.6) is 0 Å². The second-order valence-electron chi connectivity index (χ2n) is 15.1. The van der Waals surface area contributed by atoms with E-state index in [0.29, 0.717) is 0 Å². The first-order valence-corrected chi connectivity index (χ1v) is 19.9. The van der Waals surface area contributed by atoms with E-state index in [4.69, 9.17) is 10.7 Å². The molecule has 5 N–H and O–H groups in total. The van der Waals surface area contributed by atoms with Crippen molar-refractivity contribution in [3.05, 3.63) is 199 Å². The van der Waals surface area contributed by atoms with E-state index in [0.717, 1.165) is 55.7 Å². The van der Waals surface area contributed by atoms with Crippen LogP contribution in [0, 0.1) is 0 Å². The number of hydrogen-bond donors (Lipinski definition) is 4. The average Bonchev–Trinajstić information content (AvgIpc) is 3.79. The summed E-state index contributed by atoms with van der Waals surface area (Å²) in [7, 11) is 0. The fraction of sp³-hybridized carbons (Fsp3) is 0.0784. The van der Waals surface area contributed by atoms with Gasteiger partial charge in [0.15, 0.2) is 6.29 Å². The molecule has 0 fully saturated rings. The monoisotopic (exact) mass is 751 g/mol. The molecule has 58 heavy (non-hydrogen) atoms. The summed E-state index contributed by atoms with van der Waals surface area (Å²) in [4.78, 5) is 5.33. The maximum Gasteiger partial charge on any atom is 0.157 e. The van der Waals surface area contributed by atoms with Crippen molar-refractivity contribution in [3.63, 3.8) is 0 Å². The van der Waals surface area contributed by atoms with Gasteiger partial charge >= 0.3 is 0 Å². The Morgan fingerprint density at radius 1 is 0.586 bits per heavy atom. The van der Waals surface area contributed by atoms with E-state index in [-0.39, 0.29) is 12.3 Å². The van der Waals surface area contributed by atoms with Gasteiger partial charge in [0.2, 0.25) is 0 Å². The molecule has 0 amide bonds. The third kappa shape index (κ3) is 5.63. The van der Waals surface area contributed by atoms with Gasteiger partial charge in [-0.15, -0.1) is 0 Å². The first kappa shape index (κ1) is 34.1. The van der Waals surface area contributed by atoms with Crippen molar-refractivity contribution in [3.8, 4) is 5.69 Å². The maximum absolute atomic E-state index is 7.34. The van der Waals surface area contributed by atoms with Gasteiger partial charge in [0.1, 0.15) is 18.2 Å². The van der Waals surface area contributed by atoms with Gasteiger partial charge in [0.25, 0.3) is 0 Å². The normalized spacial score (nSPS) is 16.7. The standard InChI is InChI=1S/C51H41N7/c1-2-43(50-55-48(36-26-24-32-14-6-8-16-34(32)28-36)54-49(56-50)37-27-25-33-15-7-9-17-35(33)29-37)53-51(52)58-45-23-13-11-21-40(45)42-30-41-39-20-10-12-22-44(39)57(46(41)31-47(42)58)38-18-4-3-5-19-38/h2-31,48-49,51,53-54H,52H2,1H3,(H,55,56)/b43-2-. The molecule has 3 atom stereocenters. The van der Waals surface area contributed by atoms with Crippen LogP contribution in [-0.2, 0) is 0 Å². The Morgan fingerprint density at radius 3 is 1.90 bits per heavy atom. The van der Waals surface area contributed by atoms with Crippen LogP contribution >= 0.6 is 0 Å². The molecule has 10 aromatic rings. The van der Waals surface area contributed by atoms with Crippen molar-refractivity contribution in [1.82, 2.24) is 25.1 Å². The number of allylic oxidation sites excluding steroid dienone is 1. The third-order valence-corrected chi connectivity index (χ3v) is 11.7. The summed E-state index contributed by atoms with van der Waals surface area (Å²) in [6.45, 7) is 2.03. The summed E-state index contributed by atoms with van der Waals surface area (Å²) in [6, 6.07) is 62.6. The molecule has 0 bridgehead atoms. The lowest BCUT2D eigenvalue weighted by molar-refractivity contribution is 0.404. The molecule has 8 aromatic carbocycles. The van der Waals surface area contributed by atoms with Crippen molar-refractivity contribution in [2.75, 3.05) is 0 Å². The van der Waals surface area contributed by atoms with Crippen LogP contribution in [0.2, 0.25) is 0 Å². The molecule has 3 unspecified atom stereocenters. The highest BCUT2D eigenvalue weighted by molar-refractivity contribution is 6.18. The molecule has 3 heterocycles. The van der Waals surface area contributed by atoms with Gasteiger partial charge in [-0.05, 0) is 88.1 Å². The minimum Gasteiger partial charge on any atom is -0.350 e. The average molecular weight is 752 g/mol. The highest BCUT2D eigenvalue weighted by Crippen LogP contribution is 2.39. The van der Waals surface area contributed by atoms with Gasteiger partial charge in [-0.25, -0.2) is 4.99 Å². The number of nitrogens with one attached hydrogen (secondary N) is 3. The van der Waals surface area contributed by atoms with E-state index in [1.54, 1.807) is 0 Å². The Hall–Kier alpha value is -7.19. The topological polar surface area (TPSA) is 84.3 Å². The van der Waals surface area contributed by atoms with E-state index in [9.17, 15) is 0 Å². The van der Waals surface area contributed by atoms with Crippen molar-refractivity contribution in [1.29, 1.82) is 0 Å². The Bertz CT molecular complexity index is 3260. The first-order valence-electron chi connectivity index (χ1n) is 19.9. The predicted octanol–water partition coefficient (Wildman–Crippen LogP) is 11.1. The molecule has 1 aliphatic heterocycles. The zero-order chi connectivity index (χ0) is 38.7. The molecule has 0 spiro atoms. The molecular weight excluding hydrogens is 711 g/mol. The Balaban J connectivity index is 1.03. The highest BCUT2D eigenvalue weighted by atomic mass is 15.3. The number of fused-ring (bicyclic) bond motifs is 8. The minimum absolute atomic E-state index is 0.219. The van der Waals surface area contributed by atoms with E-state index >= 15 is 0 Å². The van der Waals surface area contributed by atoms with Gasteiger partial charge in [0.05, 0.1) is 27.8 Å². The van der Waals surface area contributed by atoms with Crippen LogP contribution in [0.3, 0.4) is 0 Å². The van der Waals surface area contributed by atoms with Crippen LogP contribution in [-0.4, -0.2) is 15.0 Å². The molecule has 280 valence electrons. The van der Waals surface area contributed by atoms with E-state index in [2.05, 4.69) is 207 Å². The predicted molar refractivity (Wildman–Crippen MR) is 241 cm³/mol. The lowest BCUT2D eigenvalue weighted by Gasteiger charge is -2.34. The molecule has 2 aromatic heterocycles. The van der Waals surface area contributed by atoms with Crippen LogP contribution in [0.25, 0.3) is 70.8 Å². The molecule has 1 aliphatic rings. The fourth-order valence-electron chi connectivity index (χ4n) is 8.93. The van der Waals surface area contributed by atoms with Crippen molar-refractivity contribution < 1.29 is 0 Å². The number of nitrogens with two attached hydrogens (primary N) is 1. The van der Waals surface area contributed by atoms with Crippen LogP contribution in [0.4, 0.5) is 0 Å². The summed E-state index contributed by atoms with van der Waals surface area (Å²) in [5.74, 6) is 0.736. The smallest absolute Gasteiger partial charge is 0.157 e. The van der Waals surface area contributed by atoms with Gasteiger partial charge in [-0.3, -0.25) is 11.1 Å². The second-order valence-corrected chi connectivity index (χ2v) is 15.1. The number of aliphatic imine (C=N–C) groups is 1. The largest absolute Gasteiger partial charge is 0.350 e. The molecule has 7 nitrogen and oxygen atoms in total. The SMILES string of the molecule is C/C=C(\NC(N)n1c2ccccc2c2cc3c4ccccc4n(-c4ccccc4)c3cc21)C1=NC(c2ccc3ccccc3c2)NC(c2ccc3ccccc3c2)N1. The summed E-state index contributed by atoms with van der Waals surface area (Å²) in [5.41, 5.74) is 15.9. The molecule has 0 aliphatic carbocycles. The summed E-state index contributed by atoms with van der Waals surface area (Å²) >= 11 is 0. The Morgan fingerprint density at radius 2 is 1.17 bits per heavy atom. The molecule has 0 saturated heterocycles. The highest BCUT2D eigenvalue weighted by Gasteiger charge is 2.28. The van der Waals surface area contributed by atoms with Gasteiger partial charge in [-0.1, -0.05) is 133 Å². The third-order valence-electron chi connectivity index (χ3n) is 11.7. The van der Waals surface area contributed by atoms with Crippen molar-refractivity contribution >= 4 is 71.0 Å². The molecule has 0 saturated carbocycles. The number of nitrogens with zero attached hydrogens (tertiary/aromatic N) is 3. The number of amidine groups is 1. The lowest BCUT2D eigenvalue weighted by atomic mass is 10.0. The number of benzene rings is 8. The van der Waals surface area contributed by atoms with Gasteiger partial charge < -0.3 is 19.8 Å². The second kappa shape index (κ2) is 13.8. The van der Waals surface area contributed by atoms with Crippen molar-refractivity contribution in [2.24, 2.45) is 10.7 Å². The molecule has 7 heteroatoms. The van der Waals surface area contributed by atoms with Crippen LogP contribution < -0.4 is 21.7 Å². The Labute approximate surface area is 335 Å². The van der Waals surface area contributed by atoms with E-state index in [1.807, 2.05) is 6.92 Å². The number of hydrogen-bond acceptors (Lipinski definition) is 5. The lowest BCUT2D eigenvalue weighted by Crippen LogP contribution is -2.48. The maximum atomic E-state index is 7.34. The van der Waals surface area contributed by atoms with E-state index < -0.39 is 6.29 Å². The van der Waals surface area contributed by atoms with Crippen molar-refractivity contribution in [2.45, 2.75) is 25.5 Å². The van der Waals surface area contributed by atoms with Crippen LogP contribution in [0.15, 0.2) is 193 Å². The minimum atomic E-state index is -0.627. The first-order chi connectivity index (χ1) is 28.6. The van der Waals surface area contributed by atoms with Gasteiger partial charge in [0, 0.05) is 27.2 Å². The summed E-state index contributed by atoms with van der Waals surface area (Å²) in [5, 5.41) is 20.8. The quantitative estimate of drug-likeness (QED) is 0.122. The number of aromatic nitrogens is 2. The van der Waals surface area contributed by atoms with E-state index in [1.165, 1.54) is 37.8 Å². The zero-order valence-electron chi connectivity index (χ0n) is 32.0. The fourth-order valence-corrected chi connectivity index (χ4v) is 8.93. The Kier molecular flexibility index (Phi) is 8.10. The van der Waals surface area contributed by atoms with Gasteiger partial charge in [-0.2, -0.15) is 0 Å².